The summed E-state index contributed by atoms with van der Waals surface area (Å²) < 4.78 is 0. The van der Waals surface area contributed by atoms with E-state index in [2.05, 4.69) is 23.3 Å². The average molecular weight is 437 g/mol. The van der Waals surface area contributed by atoms with Crippen molar-refractivity contribution in [2.24, 2.45) is 0 Å². The number of aliphatic hydroxyl groups is 1. The Morgan fingerprint density at radius 3 is 1.81 bits per heavy atom. The molecule has 31 heavy (non-hydrogen) atoms. The fourth-order valence-electron chi connectivity index (χ4n) is 4.74. The molecule has 0 atom stereocenters. The summed E-state index contributed by atoms with van der Waals surface area (Å²) in [5.41, 5.74) is 1.43. The molecule has 1 aliphatic heterocycles. The summed E-state index contributed by atoms with van der Waals surface area (Å²) in [7, 11) is 0. The monoisotopic (exact) mass is 436 g/mol. The maximum Gasteiger partial charge on any atom is 0.0468 e. The molecule has 0 aromatic carbocycles. The van der Waals surface area contributed by atoms with Gasteiger partial charge in [-0.25, -0.2) is 0 Å². The van der Waals surface area contributed by atoms with Crippen LogP contribution < -0.4 is 5.32 Å². The van der Waals surface area contributed by atoms with Gasteiger partial charge < -0.3 is 15.3 Å². The highest BCUT2D eigenvalue weighted by Gasteiger charge is 2.09. The number of rotatable bonds is 23. The molecule has 0 aromatic rings. The predicted molar refractivity (Wildman–Crippen MR) is 138 cm³/mol. The molecule has 0 fully saturated rings. The van der Waals surface area contributed by atoms with Crippen LogP contribution in [0, 0.1) is 0 Å². The number of hydrogen-bond donors (Lipinski definition) is 2. The molecule has 1 aliphatic rings. The second kappa shape index (κ2) is 22.6. The van der Waals surface area contributed by atoms with E-state index in [9.17, 15) is 0 Å². The molecule has 0 aromatic heterocycles. The third-order valence-corrected chi connectivity index (χ3v) is 6.75. The SMILES string of the molecule is CCCCCCCCCCCCCCCCCCNCCCN1C=C(CCO)CCC1. The Morgan fingerprint density at radius 2 is 1.26 bits per heavy atom. The minimum Gasteiger partial charge on any atom is -0.396 e. The van der Waals surface area contributed by atoms with Crippen molar-refractivity contribution in [3.05, 3.63) is 11.8 Å². The van der Waals surface area contributed by atoms with Crippen molar-refractivity contribution in [1.82, 2.24) is 10.2 Å². The van der Waals surface area contributed by atoms with Crippen LogP contribution in [0.2, 0.25) is 0 Å². The van der Waals surface area contributed by atoms with Gasteiger partial charge in [0.15, 0.2) is 0 Å². The molecule has 0 saturated carbocycles. The fraction of sp³-hybridized carbons (Fsp3) is 0.929. The van der Waals surface area contributed by atoms with Gasteiger partial charge in [0.05, 0.1) is 0 Å². The molecule has 0 amide bonds. The number of unbranched alkanes of at least 4 members (excludes halogenated alkanes) is 15. The standard InChI is InChI=1S/C28H56N2O/c1-2-3-4-5-6-7-8-9-10-11-12-13-14-15-16-17-22-29-23-19-25-30-24-18-20-28(27-30)21-26-31/h27,29,31H,2-26H2,1H3. The summed E-state index contributed by atoms with van der Waals surface area (Å²) >= 11 is 0. The van der Waals surface area contributed by atoms with E-state index in [0.29, 0.717) is 6.61 Å². The van der Waals surface area contributed by atoms with Crippen molar-refractivity contribution in [1.29, 1.82) is 0 Å². The molecule has 2 N–H and O–H groups in total. The van der Waals surface area contributed by atoms with Crippen molar-refractivity contribution in [2.45, 2.75) is 135 Å². The second-order valence-corrected chi connectivity index (χ2v) is 9.81. The molecule has 0 bridgehead atoms. The summed E-state index contributed by atoms with van der Waals surface area (Å²) in [6.45, 7) is 7.25. The summed E-state index contributed by atoms with van der Waals surface area (Å²) in [6, 6.07) is 0. The van der Waals surface area contributed by atoms with E-state index < -0.39 is 0 Å². The molecule has 0 radical (unpaired) electrons. The zero-order valence-electron chi connectivity index (χ0n) is 21.1. The normalized spacial score (nSPS) is 14.3. The van der Waals surface area contributed by atoms with Crippen LogP contribution in [0.4, 0.5) is 0 Å². The molecule has 0 aliphatic carbocycles. The first kappa shape index (κ1) is 28.5. The van der Waals surface area contributed by atoms with E-state index in [1.165, 1.54) is 141 Å². The molecule has 1 heterocycles. The van der Waals surface area contributed by atoms with E-state index in [4.69, 9.17) is 5.11 Å². The topological polar surface area (TPSA) is 35.5 Å². The minimum absolute atomic E-state index is 0.292. The quantitative estimate of drug-likeness (QED) is 0.162. The third-order valence-electron chi connectivity index (χ3n) is 6.75. The van der Waals surface area contributed by atoms with Gasteiger partial charge >= 0.3 is 0 Å². The Labute approximate surface area is 195 Å². The number of aliphatic hydroxyl groups excluding tert-OH is 1. The average Bonchev–Trinajstić information content (AvgIpc) is 2.78. The molecule has 0 spiro atoms. The van der Waals surface area contributed by atoms with E-state index in [0.717, 1.165) is 19.5 Å². The highest BCUT2D eigenvalue weighted by Crippen LogP contribution is 2.17. The number of nitrogens with one attached hydrogen (secondary N) is 1. The van der Waals surface area contributed by atoms with Crippen molar-refractivity contribution in [3.8, 4) is 0 Å². The molecule has 0 unspecified atom stereocenters. The fourth-order valence-corrected chi connectivity index (χ4v) is 4.74. The Balaban J connectivity index is 1.72. The van der Waals surface area contributed by atoms with Crippen LogP contribution in [0.25, 0.3) is 0 Å². The van der Waals surface area contributed by atoms with E-state index in [1.807, 2.05) is 0 Å². The van der Waals surface area contributed by atoms with Crippen LogP contribution >= 0.6 is 0 Å². The lowest BCUT2D eigenvalue weighted by atomic mass is 10.0. The molecule has 0 saturated heterocycles. The van der Waals surface area contributed by atoms with Gasteiger partial charge in [0.2, 0.25) is 0 Å². The lowest BCUT2D eigenvalue weighted by Gasteiger charge is -2.26. The lowest BCUT2D eigenvalue weighted by Crippen LogP contribution is -2.27. The van der Waals surface area contributed by atoms with Crippen molar-refractivity contribution in [2.75, 3.05) is 32.8 Å². The van der Waals surface area contributed by atoms with Crippen LogP contribution in [-0.4, -0.2) is 42.8 Å². The summed E-state index contributed by atoms with van der Waals surface area (Å²) in [6.07, 6.45) is 29.8. The van der Waals surface area contributed by atoms with Crippen molar-refractivity contribution in [3.63, 3.8) is 0 Å². The highest BCUT2D eigenvalue weighted by atomic mass is 16.2. The second-order valence-electron chi connectivity index (χ2n) is 9.81. The summed E-state index contributed by atoms with van der Waals surface area (Å²) in [4.78, 5) is 2.45. The van der Waals surface area contributed by atoms with Gasteiger partial charge in [-0.3, -0.25) is 0 Å². The predicted octanol–water partition coefficient (Wildman–Crippen LogP) is 7.59. The summed E-state index contributed by atoms with van der Waals surface area (Å²) in [5, 5.41) is 12.7. The number of hydrogen-bond acceptors (Lipinski definition) is 3. The maximum absolute atomic E-state index is 9.09. The molecule has 184 valence electrons. The van der Waals surface area contributed by atoms with Crippen molar-refractivity contribution < 1.29 is 5.11 Å². The van der Waals surface area contributed by atoms with Gasteiger partial charge in [0.25, 0.3) is 0 Å². The largest absolute Gasteiger partial charge is 0.396 e. The van der Waals surface area contributed by atoms with Gasteiger partial charge in [-0.2, -0.15) is 0 Å². The Hall–Kier alpha value is -0.540. The molecular weight excluding hydrogens is 380 g/mol. The first-order valence-electron chi connectivity index (χ1n) is 14.1. The molecule has 1 rings (SSSR count). The minimum atomic E-state index is 0.292. The Morgan fingerprint density at radius 1 is 0.742 bits per heavy atom. The first-order valence-corrected chi connectivity index (χ1v) is 14.1. The smallest absolute Gasteiger partial charge is 0.0468 e. The van der Waals surface area contributed by atoms with Crippen LogP contribution in [0.3, 0.4) is 0 Å². The molecular formula is C28H56N2O. The van der Waals surface area contributed by atoms with E-state index in [-0.39, 0.29) is 0 Å². The van der Waals surface area contributed by atoms with Gasteiger partial charge in [-0.15, -0.1) is 0 Å². The van der Waals surface area contributed by atoms with E-state index in [1.54, 1.807) is 0 Å². The first-order chi connectivity index (χ1) is 15.4. The van der Waals surface area contributed by atoms with Crippen molar-refractivity contribution >= 4 is 0 Å². The van der Waals surface area contributed by atoms with E-state index >= 15 is 0 Å². The Kier molecular flexibility index (Phi) is 20.8. The molecule has 3 nitrogen and oxygen atoms in total. The molecule has 3 heteroatoms. The zero-order chi connectivity index (χ0) is 22.2. The summed E-state index contributed by atoms with van der Waals surface area (Å²) in [5.74, 6) is 0. The van der Waals surface area contributed by atoms with Crippen LogP contribution in [0.5, 0.6) is 0 Å². The number of nitrogens with zero attached hydrogens (tertiary/aromatic N) is 1. The van der Waals surface area contributed by atoms with Crippen LogP contribution in [0.15, 0.2) is 11.8 Å². The van der Waals surface area contributed by atoms with Gasteiger partial charge in [0, 0.05) is 19.7 Å². The lowest BCUT2D eigenvalue weighted by molar-refractivity contribution is 0.287. The highest BCUT2D eigenvalue weighted by molar-refractivity contribution is 5.04. The van der Waals surface area contributed by atoms with Gasteiger partial charge in [-0.05, 0) is 51.4 Å². The van der Waals surface area contributed by atoms with Gasteiger partial charge in [-0.1, -0.05) is 109 Å². The zero-order valence-corrected chi connectivity index (χ0v) is 21.1. The maximum atomic E-state index is 9.09. The van der Waals surface area contributed by atoms with Crippen LogP contribution in [-0.2, 0) is 0 Å². The third kappa shape index (κ3) is 18.7. The van der Waals surface area contributed by atoms with Gasteiger partial charge in [0.1, 0.15) is 0 Å². The van der Waals surface area contributed by atoms with Crippen LogP contribution in [0.1, 0.15) is 135 Å². The Bertz CT molecular complexity index is 396.